The highest BCUT2D eigenvalue weighted by molar-refractivity contribution is 5.38. The van der Waals surface area contributed by atoms with E-state index in [0.29, 0.717) is 5.82 Å². The van der Waals surface area contributed by atoms with Gasteiger partial charge in [-0.2, -0.15) is 0 Å². The van der Waals surface area contributed by atoms with Crippen molar-refractivity contribution >= 4 is 5.82 Å². The van der Waals surface area contributed by atoms with Crippen molar-refractivity contribution in [3.63, 3.8) is 0 Å². The summed E-state index contributed by atoms with van der Waals surface area (Å²) in [4.78, 5) is 16.5. The summed E-state index contributed by atoms with van der Waals surface area (Å²) in [6.45, 7) is 1.70. The van der Waals surface area contributed by atoms with Gasteiger partial charge in [-0.25, -0.2) is 9.78 Å². The second-order valence-corrected chi connectivity index (χ2v) is 1.79. The predicted molar refractivity (Wildman–Crippen MR) is 41.9 cm³/mol. The van der Waals surface area contributed by atoms with E-state index in [4.69, 9.17) is 0 Å². The normalized spacial score (nSPS) is 8.09. The molecule has 11 heavy (non-hydrogen) atoms. The molecule has 2 N–H and O–H groups in total. The van der Waals surface area contributed by atoms with E-state index in [1.54, 1.807) is 13.0 Å². The maximum absolute atomic E-state index is 10.6. The summed E-state index contributed by atoms with van der Waals surface area (Å²) in [6, 6.07) is 4.22. The molecular formula is C7H7N3O. The number of H-pyrrole nitrogens is 1. The van der Waals surface area contributed by atoms with Crippen LogP contribution < -0.4 is 11.0 Å². The van der Waals surface area contributed by atoms with Crippen molar-refractivity contribution in [3.05, 3.63) is 22.7 Å². The smallest absolute Gasteiger partial charge is 0.301 e. The third-order valence-corrected chi connectivity index (χ3v) is 0.997. The molecule has 0 unspecified atom stereocenters. The zero-order valence-electron chi connectivity index (χ0n) is 6.01. The summed E-state index contributed by atoms with van der Waals surface area (Å²) in [5, 5.41) is 2.68. The first-order valence-electron chi connectivity index (χ1n) is 3.06. The van der Waals surface area contributed by atoms with E-state index < -0.39 is 0 Å². The van der Waals surface area contributed by atoms with E-state index in [1.807, 2.05) is 0 Å². The van der Waals surface area contributed by atoms with Crippen LogP contribution in [0.25, 0.3) is 0 Å². The first-order valence-corrected chi connectivity index (χ1v) is 3.06. The lowest BCUT2D eigenvalue weighted by molar-refractivity contribution is 1.08. The fourth-order valence-corrected chi connectivity index (χ4v) is 0.571. The van der Waals surface area contributed by atoms with Gasteiger partial charge in [0, 0.05) is 12.2 Å². The Morgan fingerprint density at radius 2 is 2.55 bits per heavy atom. The van der Waals surface area contributed by atoms with Gasteiger partial charge in [-0.3, -0.25) is 4.98 Å². The number of hydrogen-bond acceptors (Lipinski definition) is 3. The molecule has 0 saturated carbocycles. The molecule has 1 aromatic heterocycles. The molecule has 0 aliphatic heterocycles. The lowest BCUT2D eigenvalue weighted by Crippen LogP contribution is -2.10. The molecule has 0 bridgehead atoms. The van der Waals surface area contributed by atoms with Crippen LogP contribution in [0.1, 0.15) is 6.92 Å². The Morgan fingerprint density at radius 3 is 3.18 bits per heavy atom. The maximum Gasteiger partial charge on any atom is 0.346 e. The Balaban J connectivity index is 2.85. The van der Waals surface area contributed by atoms with Crippen LogP contribution in [-0.4, -0.2) is 9.97 Å². The van der Waals surface area contributed by atoms with E-state index in [2.05, 4.69) is 27.2 Å². The molecule has 56 valence electrons. The van der Waals surface area contributed by atoms with Crippen molar-refractivity contribution in [2.75, 3.05) is 5.32 Å². The van der Waals surface area contributed by atoms with Gasteiger partial charge in [0.15, 0.2) is 0 Å². The zero-order valence-corrected chi connectivity index (χ0v) is 6.01. The molecule has 0 aliphatic carbocycles. The SMILES string of the molecule is CC#CNc1ccnc(=O)[nH]1. The average Bonchev–Trinajstić information content (AvgIpc) is 2.01. The minimum Gasteiger partial charge on any atom is -0.301 e. The predicted octanol–water partition coefficient (Wildman–Crippen LogP) is 0.163. The van der Waals surface area contributed by atoms with Crippen molar-refractivity contribution in [2.45, 2.75) is 6.92 Å². The van der Waals surface area contributed by atoms with E-state index in [1.165, 1.54) is 6.20 Å². The number of aromatic amines is 1. The van der Waals surface area contributed by atoms with Gasteiger partial charge in [0.05, 0.1) is 0 Å². The minimum absolute atomic E-state index is 0.382. The Bertz CT molecular complexity index is 344. The monoisotopic (exact) mass is 149 g/mol. The third-order valence-electron chi connectivity index (χ3n) is 0.997. The number of nitrogens with one attached hydrogen (secondary N) is 2. The van der Waals surface area contributed by atoms with Gasteiger partial charge in [0.1, 0.15) is 5.82 Å². The third kappa shape index (κ3) is 2.14. The molecule has 1 heterocycles. The number of aromatic nitrogens is 2. The standard InChI is InChI=1S/C7H7N3O/c1-2-4-8-6-3-5-9-7(11)10-6/h3,5H,1H3,(H2,8,9,10,11). The highest BCUT2D eigenvalue weighted by Crippen LogP contribution is 1.92. The lowest BCUT2D eigenvalue weighted by Gasteiger charge is -1.93. The molecule has 1 rings (SSSR count). The van der Waals surface area contributed by atoms with Gasteiger partial charge in [0.2, 0.25) is 0 Å². The molecule has 0 aliphatic rings. The first kappa shape index (κ1) is 7.35. The van der Waals surface area contributed by atoms with Gasteiger partial charge in [-0.15, -0.1) is 0 Å². The molecular weight excluding hydrogens is 142 g/mol. The Labute approximate surface area is 63.7 Å². The van der Waals surface area contributed by atoms with Crippen LogP contribution >= 0.6 is 0 Å². The van der Waals surface area contributed by atoms with E-state index in [9.17, 15) is 4.79 Å². The molecule has 4 nitrogen and oxygen atoms in total. The highest BCUT2D eigenvalue weighted by atomic mass is 16.1. The van der Waals surface area contributed by atoms with Crippen LogP contribution in [0.2, 0.25) is 0 Å². The Morgan fingerprint density at radius 1 is 1.73 bits per heavy atom. The van der Waals surface area contributed by atoms with Crippen LogP contribution in [0.4, 0.5) is 5.82 Å². The molecule has 0 fully saturated rings. The van der Waals surface area contributed by atoms with Crippen molar-refractivity contribution in [1.82, 2.24) is 9.97 Å². The van der Waals surface area contributed by atoms with E-state index >= 15 is 0 Å². The maximum atomic E-state index is 10.6. The van der Waals surface area contributed by atoms with Crippen molar-refractivity contribution in [3.8, 4) is 12.0 Å². The van der Waals surface area contributed by atoms with Crippen LogP contribution in [0.3, 0.4) is 0 Å². The topological polar surface area (TPSA) is 57.8 Å². The Hall–Kier alpha value is -1.76. The van der Waals surface area contributed by atoms with Gasteiger partial charge < -0.3 is 5.32 Å². The number of anilines is 1. The molecule has 0 radical (unpaired) electrons. The van der Waals surface area contributed by atoms with E-state index in [0.717, 1.165) is 0 Å². The van der Waals surface area contributed by atoms with Crippen LogP contribution in [0, 0.1) is 12.0 Å². The fourth-order valence-electron chi connectivity index (χ4n) is 0.571. The molecule has 4 heteroatoms. The number of nitrogens with zero attached hydrogens (tertiary/aromatic N) is 1. The summed E-state index contributed by atoms with van der Waals surface area (Å²) in [7, 11) is 0. The largest absolute Gasteiger partial charge is 0.346 e. The highest BCUT2D eigenvalue weighted by Gasteiger charge is 1.86. The van der Waals surface area contributed by atoms with Crippen LogP contribution in [0.5, 0.6) is 0 Å². The fraction of sp³-hybridized carbons (Fsp3) is 0.143. The van der Waals surface area contributed by atoms with E-state index in [-0.39, 0.29) is 5.69 Å². The molecule has 0 spiro atoms. The number of rotatable bonds is 1. The quantitative estimate of drug-likeness (QED) is 0.442. The van der Waals surface area contributed by atoms with Crippen LogP contribution in [-0.2, 0) is 0 Å². The molecule has 0 saturated heterocycles. The summed E-state index contributed by atoms with van der Waals surface area (Å²) < 4.78 is 0. The summed E-state index contributed by atoms with van der Waals surface area (Å²) in [5.41, 5.74) is -0.382. The second kappa shape index (κ2) is 3.42. The van der Waals surface area contributed by atoms with Gasteiger partial charge in [-0.05, 0) is 13.0 Å². The van der Waals surface area contributed by atoms with Crippen molar-refractivity contribution in [1.29, 1.82) is 0 Å². The molecule has 0 aromatic carbocycles. The lowest BCUT2D eigenvalue weighted by atomic mass is 10.6. The second-order valence-electron chi connectivity index (χ2n) is 1.79. The van der Waals surface area contributed by atoms with Gasteiger partial charge in [-0.1, -0.05) is 5.92 Å². The van der Waals surface area contributed by atoms with Crippen molar-refractivity contribution < 1.29 is 0 Å². The average molecular weight is 149 g/mol. The van der Waals surface area contributed by atoms with Gasteiger partial charge in [0.25, 0.3) is 0 Å². The Kier molecular flexibility index (Phi) is 2.28. The molecule has 1 aromatic rings. The molecule has 0 atom stereocenters. The van der Waals surface area contributed by atoms with Gasteiger partial charge >= 0.3 is 5.69 Å². The van der Waals surface area contributed by atoms with Crippen molar-refractivity contribution in [2.24, 2.45) is 0 Å². The summed E-state index contributed by atoms with van der Waals surface area (Å²) in [5.74, 6) is 3.19. The zero-order chi connectivity index (χ0) is 8.10. The van der Waals surface area contributed by atoms with Crippen LogP contribution in [0.15, 0.2) is 17.1 Å². The minimum atomic E-state index is -0.382. The first-order chi connectivity index (χ1) is 5.33. The summed E-state index contributed by atoms with van der Waals surface area (Å²) >= 11 is 0. The molecule has 0 amide bonds. The summed E-state index contributed by atoms with van der Waals surface area (Å²) in [6.07, 6.45) is 1.42. The number of hydrogen-bond donors (Lipinski definition) is 2.